The molecule has 0 fully saturated rings. The molecule has 0 aromatic carbocycles. The molecule has 46 heavy (non-hydrogen) atoms. The number of esters is 2. The Kier molecular flexibility index (Phi) is 35.9. The molecular weight excluding hydrogens is 572 g/mol. The molecule has 0 amide bonds. The second-order valence-corrected chi connectivity index (χ2v) is 14.3. The van der Waals surface area contributed by atoms with Crippen LogP contribution in [0.25, 0.3) is 0 Å². The van der Waals surface area contributed by atoms with E-state index >= 15 is 0 Å². The normalized spacial score (nSPS) is 12.7. The predicted octanol–water partition coefficient (Wildman–Crippen LogP) is 12.6. The van der Waals surface area contributed by atoms with Crippen molar-refractivity contribution in [3.63, 3.8) is 0 Å². The first-order chi connectivity index (χ1) is 22.5. The van der Waals surface area contributed by atoms with Crippen LogP contribution in [0.1, 0.15) is 226 Å². The summed E-state index contributed by atoms with van der Waals surface area (Å²) in [5, 5.41) is 9.54. The van der Waals surface area contributed by atoms with Gasteiger partial charge in [-0.2, -0.15) is 0 Å². The Hall–Kier alpha value is -1.10. The lowest BCUT2D eigenvalue weighted by molar-refractivity contribution is -0.161. The molecular formula is C41H80O5. The molecule has 0 bridgehead atoms. The van der Waals surface area contributed by atoms with Crippen molar-refractivity contribution in [2.45, 2.75) is 232 Å². The fourth-order valence-corrected chi connectivity index (χ4v) is 6.18. The molecule has 0 spiro atoms. The first kappa shape index (κ1) is 44.9. The number of rotatable bonds is 37. The van der Waals surface area contributed by atoms with E-state index in [-0.39, 0.29) is 25.2 Å². The summed E-state index contributed by atoms with van der Waals surface area (Å²) in [5.41, 5.74) is 0. The van der Waals surface area contributed by atoms with Gasteiger partial charge in [-0.25, -0.2) is 0 Å². The first-order valence-corrected chi connectivity index (χ1v) is 20.5. The van der Waals surface area contributed by atoms with Crippen LogP contribution in [0.3, 0.4) is 0 Å². The largest absolute Gasteiger partial charge is 0.462 e. The van der Waals surface area contributed by atoms with E-state index in [1.54, 1.807) is 0 Å². The molecule has 1 N–H and O–H groups in total. The third-order valence-electron chi connectivity index (χ3n) is 9.69. The number of hydrogen-bond donors (Lipinski definition) is 1. The van der Waals surface area contributed by atoms with Gasteiger partial charge in [-0.05, 0) is 18.8 Å². The summed E-state index contributed by atoms with van der Waals surface area (Å²) >= 11 is 0. The molecule has 0 aromatic rings. The van der Waals surface area contributed by atoms with E-state index in [0.717, 1.165) is 44.4 Å². The quantitative estimate of drug-likeness (QED) is 0.0534. The molecule has 0 aliphatic carbocycles. The highest BCUT2D eigenvalue weighted by Crippen LogP contribution is 2.17. The highest BCUT2D eigenvalue weighted by Gasteiger charge is 2.16. The molecule has 0 saturated carbocycles. The maximum Gasteiger partial charge on any atom is 0.306 e. The average Bonchev–Trinajstić information content (AvgIpc) is 3.06. The van der Waals surface area contributed by atoms with Crippen LogP contribution in [0.15, 0.2) is 0 Å². The van der Waals surface area contributed by atoms with Crippen molar-refractivity contribution in [3.8, 4) is 0 Å². The lowest BCUT2D eigenvalue weighted by atomic mass is 9.99. The molecule has 0 aromatic heterocycles. The van der Waals surface area contributed by atoms with Crippen molar-refractivity contribution in [1.82, 2.24) is 0 Å². The molecule has 0 heterocycles. The van der Waals surface area contributed by atoms with Crippen molar-refractivity contribution in [2.75, 3.05) is 13.2 Å². The van der Waals surface area contributed by atoms with Crippen molar-refractivity contribution >= 4 is 11.9 Å². The fourth-order valence-electron chi connectivity index (χ4n) is 6.18. The number of carbonyl (C=O) groups is 2. The summed E-state index contributed by atoms with van der Waals surface area (Å²) in [7, 11) is 0. The number of carbonyl (C=O) groups excluding carboxylic acids is 2. The molecule has 0 rings (SSSR count). The Bertz CT molecular complexity index is 636. The number of ether oxygens (including phenoxy) is 2. The zero-order valence-electron chi connectivity index (χ0n) is 31.3. The van der Waals surface area contributed by atoms with Crippen LogP contribution in [-0.4, -0.2) is 36.4 Å². The summed E-state index contributed by atoms with van der Waals surface area (Å²) in [5.74, 6) is 0.337. The number of hydrogen-bond acceptors (Lipinski definition) is 5. The fraction of sp³-hybridized carbons (Fsp3) is 0.951. The van der Waals surface area contributed by atoms with E-state index in [4.69, 9.17) is 9.47 Å². The zero-order chi connectivity index (χ0) is 33.8. The predicted molar refractivity (Wildman–Crippen MR) is 196 cm³/mol. The Morgan fingerprint density at radius 1 is 0.500 bits per heavy atom. The Balaban J connectivity index is 3.45. The molecule has 5 heteroatoms. The summed E-state index contributed by atoms with van der Waals surface area (Å²) in [6, 6.07) is 0. The Morgan fingerprint density at radius 3 is 1.22 bits per heavy atom. The monoisotopic (exact) mass is 653 g/mol. The highest BCUT2D eigenvalue weighted by molar-refractivity contribution is 5.70. The van der Waals surface area contributed by atoms with Crippen LogP contribution in [0.5, 0.6) is 0 Å². The van der Waals surface area contributed by atoms with E-state index in [2.05, 4.69) is 20.8 Å². The zero-order valence-corrected chi connectivity index (χ0v) is 31.3. The summed E-state index contributed by atoms with van der Waals surface area (Å²) in [6.45, 7) is 6.55. The van der Waals surface area contributed by atoms with Gasteiger partial charge < -0.3 is 14.6 Å². The van der Waals surface area contributed by atoms with E-state index in [9.17, 15) is 14.7 Å². The molecule has 2 atom stereocenters. The maximum absolute atomic E-state index is 12.2. The molecule has 0 aliphatic rings. The van der Waals surface area contributed by atoms with Crippen LogP contribution in [0.4, 0.5) is 0 Å². The van der Waals surface area contributed by atoms with Crippen LogP contribution < -0.4 is 0 Å². The van der Waals surface area contributed by atoms with Gasteiger partial charge in [0.2, 0.25) is 0 Å². The van der Waals surface area contributed by atoms with Gasteiger partial charge >= 0.3 is 11.9 Å². The molecule has 1 unspecified atom stereocenters. The van der Waals surface area contributed by atoms with Gasteiger partial charge in [-0.1, -0.05) is 201 Å². The van der Waals surface area contributed by atoms with Gasteiger partial charge in [0.15, 0.2) is 6.10 Å². The third-order valence-corrected chi connectivity index (χ3v) is 9.69. The lowest BCUT2D eigenvalue weighted by Crippen LogP contribution is -2.28. The lowest BCUT2D eigenvalue weighted by Gasteiger charge is -2.15. The topological polar surface area (TPSA) is 72.8 Å². The van der Waals surface area contributed by atoms with Gasteiger partial charge in [0, 0.05) is 12.8 Å². The van der Waals surface area contributed by atoms with Crippen LogP contribution >= 0.6 is 0 Å². The minimum Gasteiger partial charge on any atom is -0.462 e. The SMILES string of the molecule is CCCCCCCCCCCCC(=O)OC[C@H](CO)OC(=O)CCCCCCCCCCCCCCCCCCCCC(C)CC. The average molecular weight is 653 g/mol. The van der Waals surface area contributed by atoms with Gasteiger partial charge in [0.05, 0.1) is 6.61 Å². The summed E-state index contributed by atoms with van der Waals surface area (Å²) < 4.78 is 10.6. The molecule has 0 aliphatic heterocycles. The van der Waals surface area contributed by atoms with E-state index in [1.807, 2.05) is 0 Å². The number of aliphatic hydroxyl groups excluding tert-OH is 1. The minimum absolute atomic E-state index is 0.0579. The van der Waals surface area contributed by atoms with Gasteiger partial charge in [-0.3, -0.25) is 9.59 Å². The number of unbranched alkanes of at least 4 members (excludes halogenated alkanes) is 26. The second-order valence-electron chi connectivity index (χ2n) is 14.3. The smallest absolute Gasteiger partial charge is 0.306 e. The second kappa shape index (κ2) is 36.7. The highest BCUT2D eigenvalue weighted by atomic mass is 16.6. The Morgan fingerprint density at radius 2 is 0.848 bits per heavy atom. The van der Waals surface area contributed by atoms with Crippen molar-refractivity contribution in [3.05, 3.63) is 0 Å². The van der Waals surface area contributed by atoms with Crippen LogP contribution in [-0.2, 0) is 19.1 Å². The standard InChI is InChI=1S/C41H80O5/c1-4-6-7-8-9-10-22-25-28-31-34-40(43)45-37-39(36-42)46-41(44)35-32-29-26-23-20-18-16-14-12-11-13-15-17-19-21-24-27-30-33-38(3)5-2/h38-39,42H,4-37H2,1-3H3/t38?,39-/m0/s1. The summed E-state index contributed by atoms with van der Waals surface area (Å²) in [6.07, 6.45) is 38.8. The van der Waals surface area contributed by atoms with Crippen LogP contribution in [0, 0.1) is 5.92 Å². The molecule has 274 valence electrons. The summed E-state index contributed by atoms with van der Waals surface area (Å²) in [4.78, 5) is 24.2. The molecule has 0 radical (unpaired) electrons. The Labute approximate surface area is 287 Å². The minimum atomic E-state index is -0.761. The molecule has 0 saturated heterocycles. The molecule has 5 nitrogen and oxygen atoms in total. The van der Waals surface area contributed by atoms with Gasteiger partial charge in [0.25, 0.3) is 0 Å². The van der Waals surface area contributed by atoms with E-state index in [0.29, 0.717) is 12.8 Å². The number of aliphatic hydroxyl groups is 1. The van der Waals surface area contributed by atoms with Crippen LogP contribution in [0.2, 0.25) is 0 Å². The van der Waals surface area contributed by atoms with Crippen molar-refractivity contribution < 1.29 is 24.2 Å². The van der Waals surface area contributed by atoms with Gasteiger partial charge in [0.1, 0.15) is 6.61 Å². The third kappa shape index (κ3) is 34.2. The van der Waals surface area contributed by atoms with Crippen molar-refractivity contribution in [1.29, 1.82) is 0 Å². The van der Waals surface area contributed by atoms with Crippen molar-refractivity contribution in [2.24, 2.45) is 5.92 Å². The maximum atomic E-state index is 12.2. The van der Waals surface area contributed by atoms with E-state index < -0.39 is 6.10 Å². The van der Waals surface area contributed by atoms with E-state index in [1.165, 1.54) is 154 Å². The first-order valence-electron chi connectivity index (χ1n) is 20.5. The van der Waals surface area contributed by atoms with Gasteiger partial charge in [-0.15, -0.1) is 0 Å².